The van der Waals surface area contributed by atoms with Crippen molar-refractivity contribution in [3.63, 3.8) is 0 Å². The molecular weight excluding hydrogens is 396 g/mol. The van der Waals surface area contributed by atoms with Crippen molar-refractivity contribution in [2.45, 2.75) is 82.8 Å². The quantitative estimate of drug-likeness (QED) is 0.721. The first-order chi connectivity index (χ1) is 14.7. The molecule has 1 saturated heterocycles. The third-order valence-corrected chi connectivity index (χ3v) is 6.65. The third-order valence-electron chi connectivity index (χ3n) is 6.65. The van der Waals surface area contributed by atoms with E-state index in [2.05, 4.69) is 4.98 Å². The normalized spacial score (nSPS) is 23.7. The molecule has 0 spiro atoms. The van der Waals surface area contributed by atoms with Gasteiger partial charge in [-0.15, -0.1) is 0 Å². The molecule has 2 heterocycles. The summed E-state index contributed by atoms with van der Waals surface area (Å²) in [4.78, 5) is 58.3. The van der Waals surface area contributed by atoms with Gasteiger partial charge in [-0.25, -0.2) is 0 Å². The summed E-state index contributed by atoms with van der Waals surface area (Å²) in [5, 5.41) is 0. The van der Waals surface area contributed by atoms with Crippen LogP contribution in [-0.4, -0.2) is 62.5 Å². The average Bonchev–Trinajstić information content (AvgIpc) is 2.87. The van der Waals surface area contributed by atoms with Gasteiger partial charge in [-0.2, -0.15) is 0 Å². The molecule has 3 amide bonds. The van der Waals surface area contributed by atoms with E-state index in [1.165, 1.54) is 0 Å². The topological polar surface area (TPSA) is 114 Å². The number of carbonyl (C=O) groups is 4. The van der Waals surface area contributed by atoms with E-state index < -0.39 is 29.8 Å². The van der Waals surface area contributed by atoms with Crippen molar-refractivity contribution < 1.29 is 19.2 Å². The number of hydrogen-bond acceptors (Lipinski definition) is 5. The van der Waals surface area contributed by atoms with Crippen LogP contribution in [-0.2, 0) is 14.4 Å². The Kier molecular flexibility index (Phi) is 7.08. The number of rotatable bonds is 5. The highest BCUT2D eigenvalue weighted by molar-refractivity contribution is 6.01. The first-order valence-corrected chi connectivity index (χ1v) is 11.1. The smallest absolute Gasteiger partial charge is 0.273 e. The second kappa shape index (κ2) is 9.58. The average molecular weight is 429 g/mol. The van der Waals surface area contributed by atoms with E-state index in [0.717, 1.165) is 32.1 Å². The number of nitrogens with two attached hydrogens (primary N) is 1. The molecule has 8 heteroatoms. The molecule has 0 aromatic carbocycles. The molecule has 168 valence electrons. The summed E-state index contributed by atoms with van der Waals surface area (Å²) >= 11 is 0. The Labute approximate surface area is 183 Å². The Bertz CT molecular complexity index is 835. The number of carbonyl (C=O) groups excluding carboxylic acids is 4. The van der Waals surface area contributed by atoms with Crippen molar-refractivity contribution >= 4 is 23.5 Å². The minimum atomic E-state index is -0.698. The van der Waals surface area contributed by atoms with Gasteiger partial charge in [0.15, 0.2) is 5.78 Å². The van der Waals surface area contributed by atoms with Gasteiger partial charge in [-0.3, -0.25) is 24.2 Å². The fourth-order valence-electron chi connectivity index (χ4n) is 4.97. The molecule has 2 aliphatic rings. The molecule has 2 atom stereocenters. The van der Waals surface area contributed by atoms with E-state index in [4.69, 9.17) is 5.73 Å². The lowest BCUT2D eigenvalue weighted by atomic mass is 9.80. The van der Waals surface area contributed by atoms with Crippen LogP contribution in [0.2, 0.25) is 0 Å². The van der Waals surface area contributed by atoms with Crippen molar-refractivity contribution in [1.82, 2.24) is 14.8 Å². The lowest BCUT2D eigenvalue weighted by Crippen LogP contribution is -2.59. The number of amides is 3. The number of aromatic nitrogens is 1. The lowest BCUT2D eigenvalue weighted by Gasteiger charge is -2.47. The number of Topliss-reactive ketones (excluding diaryl/α,β-unsaturated/α-hetero) is 1. The second-order valence-electron chi connectivity index (χ2n) is 9.02. The van der Waals surface area contributed by atoms with Gasteiger partial charge in [0.2, 0.25) is 11.8 Å². The highest BCUT2D eigenvalue weighted by atomic mass is 16.2. The Hall–Kier alpha value is -2.77. The van der Waals surface area contributed by atoms with Gasteiger partial charge in [0.25, 0.3) is 5.91 Å². The highest BCUT2D eigenvalue weighted by Gasteiger charge is 2.45. The number of hydrogen-bond donors (Lipinski definition) is 1. The van der Waals surface area contributed by atoms with Crippen LogP contribution in [0.4, 0.5) is 0 Å². The van der Waals surface area contributed by atoms with Crippen molar-refractivity contribution in [1.29, 1.82) is 0 Å². The molecule has 1 aliphatic heterocycles. The number of nitrogens with zero attached hydrogens (tertiary/aromatic N) is 3. The van der Waals surface area contributed by atoms with Crippen LogP contribution in [0.15, 0.2) is 24.4 Å². The molecule has 1 aromatic rings. The van der Waals surface area contributed by atoms with Gasteiger partial charge < -0.3 is 15.5 Å². The van der Waals surface area contributed by atoms with Gasteiger partial charge in [0.05, 0.1) is 12.6 Å². The molecule has 1 aliphatic carbocycles. The molecule has 2 N–H and O–H groups in total. The fourth-order valence-corrected chi connectivity index (χ4v) is 4.97. The Balaban J connectivity index is 1.88. The van der Waals surface area contributed by atoms with Gasteiger partial charge in [-0.1, -0.05) is 25.3 Å². The zero-order valence-corrected chi connectivity index (χ0v) is 18.4. The van der Waals surface area contributed by atoms with E-state index in [1.807, 2.05) is 13.8 Å². The van der Waals surface area contributed by atoms with Crippen LogP contribution in [0.3, 0.4) is 0 Å². The van der Waals surface area contributed by atoms with Crippen molar-refractivity contribution in [2.75, 3.05) is 6.54 Å². The molecule has 8 nitrogen and oxygen atoms in total. The van der Waals surface area contributed by atoms with E-state index >= 15 is 0 Å². The Morgan fingerprint density at radius 1 is 1.19 bits per heavy atom. The first kappa shape index (κ1) is 22.9. The van der Waals surface area contributed by atoms with Crippen LogP contribution in [0.25, 0.3) is 0 Å². The predicted octanol–water partition coefficient (Wildman–Crippen LogP) is 2.07. The molecule has 0 bridgehead atoms. The number of primary amides is 1. The Morgan fingerprint density at radius 2 is 1.90 bits per heavy atom. The number of pyridine rings is 1. The SMILES string of the molecule is C[C@@H]1CC[C@H](N(C(=O)CC(N)=O)C2(C)CCCCC2)C(=O)CN1C(=O)c1ccccn1. The molecule has 2 fully saturated rings. The van der Waals surface area contributed by atoms with E-state index in [0.29, 0.717) is 18.5 Å². The molecule has 3 rings (SSSR count). The molecule has 1 aromatic heterocycles. The van der Waals surface area contributed by atoms with Gasteiger partial charge >= 0.3 is 0 Å². The molecule has 0 radical (unpaired) electrons. The lowest BCUT2D eigenvalue weighted by molar-refractivity contribution is -0.150. The van der Waals surface area contributed by atoms with Crippen molar-refractivity contribution in [3.8, 4) is 0 Å². The standard InChI is InChI=1S/C23H32N4O4/c1-16-9-10-18(19(28)15-26(16)22(31)17-8-4-7-13-25-17)27(21(30)14-20(24)29)23(2)11-5-3-6-12-23/h4,7-8,13,16,18H,3,5-6,9-12,14-15H2,1-2H3,(H2,24,29)/t16-,18+/m1/s1. The monoisotopic (exact) mass is 428 g/mol. The van der Waals surface area contributed by atoms with Crippen LogP contribution >= 0.6 is 0 Å². The molecule has 0 unspecified atom stereocenters. The first-order valence-electron chi connectivity index (χ1n) is 11.1. The maximum absolute atomic E-state index is 13.4. The van der Waals surface area contributed by atoms with Crippen LogP contribution < -0.4 is 5.73 Å². The summed E-state index contributed by atoms with van der Waals surface area (Å²) in [7, 11) is 0. The van der Waals surface area contributed by atoms with Crippen LogP contribution in [0, 0.1) is 0 Å². The maximum atomic E-state index is 13.4. The maximum Gasteiger partial charge on any atom is 0.273 e. The predicted molar refractivity (Wildman–Crippen MR) is 115 cm³/mol. The number of ketones is 1. The van der Waals surface area contributed by atoms with Crippen molar-refractivity contribution in [3.05, 3.63) is 30.1 Å². The summed E-state index contributed by atoms with van der Waals surface area (Å²) in [5.74, 6) is -1.57. The summed E-state index contributed by atoms with van der Waals surface area (Å²) in [6, 6.07) is 4.26. The minimum absolute atomic E-state index is 0.0856. The van der Waals surface area contributed by atoms with Gasteiger partial charge in [0, 0.05) is 17.8 Å². The second-order valence-corrected chi connectivity index (χ2v) is 9.02. The summed E-state index contributed by atoms with van der Waals surface area (Å²) < 4.78 is 0. The van der Waals surface area contributed by atoms with Crippen LogP contribution in [0.5, 0.6) is 0 Å². The summed E-state index contributed by atoms with van der Waals surface area (Å²) in [5.41, 5.74) is 5.12. The third kappa shape index (κ3) is 5.11. The van der Waals surface area contributed by atoms with Crippen molar-refractivity contribution in [2.24, 2.45) is 5.73 Å². The van der Waals surface area contributed by atoms with Crippen LogP contribution in [0.1, 0.15) is 75.7 Å². The summed E-state index contributed by atoms with van der Waals surface area (Å²) in [6.07, 6.45) is 6.77. The van der Waals surface area contributed by atoms with Gasteiger partial charge in [0.1, 0.15) is 12.1 Å². The number of likely N-dealkylation sites (tertiary alicyclic amines) is 1. The molecule has 31 heavy (non-hydrogen) atoms. The molecule has 1 saturated carbocycles. The summed E-state index contributed by atoms with van der Waals surface area (Å²) in [6.45, 7) is 3.83. The Morgan fingerprint density at radius 3 is 2.52 bits per heavy atom. The minimum Gasteiger partial charge on any atom is -0.369 e. The van der Waals surface area contributed by atoms with E-state index in [1.54, 1.807) is 34.2 Å². The zero-order valence-electron chi connectivity index (χ0n) is 18.4. The van der Waals surface area contributed by atoms with Gasteiger partial charge in [-0.05, 0) is 51.7 Å². The largest absolute Gasteiger partial charge is 0.369 e. The zero-order chi connectivity index (χ0) is 22.6. The van der Waals surface area contributed by atoms with E-state index in [9.17, 15) is 19.2 Å². The highest BCUT2D eigenvalue weighted by Crippen LogP contribution is 2.37. The molecular formula is C23H32N4O4. The van der Waals surface area contributed by atoms with E-state index in [-0.39, 0.29) is 24.3 Å². The fraction of sp³-hybridized carbons (Fsp3) is 0.609.